The minimum absolute atomic E-state index is 0.116. The lowest BCUT2D eigenvalue weighted by molar-refractivity contribution is 0.181. The molecule has 1 atom stereocenters. The van der Waals surface area contributed by atoms with Crippen LogP contribution in [-0.4, -0.2) is 38.9 Å². The second-order valence-corrected chi connectivity index (χ2v) is 4.61. The zero-order chi connectivity index (χ0) is 6.69. The number of β-amino-alcohol motifs (C(OH)–C–C–N with tert-alkyl or cyclic N) is 1. The maximum absolute atomic E-state index is 9.19. The Morgan fingerprint density at radius 2 is 2.44 bits per heavy atom. The molecule has 1 saturated heterocycles. The predicted octanol–water partition coefficient (Wildman–Crippen LogP) is 0.746. The van der Waals surface area contributed by atoms with Gasteiger partial charge >= 0.3 is 0 Å². The lowest BCUT2D eigenvalue weighted by atomic mass is 10.4. The van der Waals surface area contributed by atoms with Gasteiger partial charge in [-0.25, -0.2) is 3.11 Å². The Labute approximate surface area is 73.5 Å². The van der Waals surface area contributed by atoms with Crippen LogP contribution in [0, 0.1) is 0 Å². The van der Waals surface area contributed by atoms with Crippen molar-refractivity contribution in [2.75, 3.05) is 24.6 Å². The Kier molecular flexibility index (Phi) is 3.60. The van der Waals surface area contributed by atoms with E-state index < -0.39 is 0 Å². The molecular formula is C5H10INOS. The molecule has 1 fully saturated rings. The van der Waals surface area contributed by atoms with Crippen LogP contribution in [0.1, 0.15) is 0 Å². The highest BCUT2D eigenvalue weighted by Gasteiger charge is 2.12. The summed E-state index contributed by atoms with van der Waals surface area (Å²) < 4.78 is 2.14. The Bertz CT molecular complexity index is 83.0. The highest BCUT2D eigenvalue weighted by atomic mass is 127. The SMILES string of the molecule is OC1CSCCN(I)C1. The first-order valence-electron chi connectivity index (χ1n) is 2.95. The fourth-order valence-electron chi connectivity index (χ4n) is 0.756. The number of thioether (sulfide) groups is 1. The van der Waals surface area contributed by atoms with E-state index in [1.165, 1.54) is 0 Å². The molecule has 9 heavy (non-hydrogen) atoms. The van der Waals surface area contributed by atoms with Crippen LogP contribution in [0.2, 0.25) is 0 Å². The smallest absolute Gasteiger partial charge is 0.0765 e. The van der Waals surface area contributed by atoms with E-state index in [9.17, 15) is 5.11 Å². The molecule has 0 aromatic rings. The van der Waals surface area contributed by atoms with E-state index in [1.54, 1.807) is 0 Å². The van der Waals surface area contributed by atoms with Crippen molar-refractivity contribution in [2.45, 2.75) is 6.10 Å². The van der Waals surface area contributed by atoms with Gasteiger partial charge in [0, 0.05) is 47.5 Å². The van der Waals surface area contributed by atoms with Gasteiger partial charge in [0.2, 0.25) is 0 Å². The molecule has 4 heteroatoms. The van der Waals surface area contributed by atoms with Gasteiger partial charge in [0.15, 0.2) is 0 Å². The Morgan fingerprint density at radius 3 is 3.22 bits per heavy atom. The summed E-state index contributed by atoms with van der Waals surface area (Å²) >= 11 is 4.09. The third kappa shape index (κ3) is 3.06. The van der Waals surface area contributed by atoms with E-state index in [-0.39, 0.29) is 6.10 Å². The molecular weight excluding hydrogens is 249 g/mol. The van der Waals surface area contributed by atoms with Crippen LogP contribution in [0.5, 0.6) is 0 Å². The van der Waals surface area contributed by atoms with Crippen LogP contribution in [0.3, 0.4) is 0 Å². The van der Waals surface area contributed by atoms with E-state index in [4.69, 9.17) is 0 Å². The highest BCUT2D eigenvalue weighted by Crippen LogP contribution is 2.12. The zero-order valence-electron chi connectivity index (χ0n) is 5.09. The van der Waals surface area contributed by atoms with Crippen LogP contribution < -0.4 is 0 Å². The first-order valence-corrected chi connectivity index (χ1v) is 5.07. The lowest BCUT2D eigenvalue weighted by Crippen LogP contribution is -2.24. The molecule has 0 saturated carbocycles. The van der Waals surface area contributed by atoms with Crippen LogP contribution in [-0.2, 0) is 0 Å². The van der Waals surface area contributed by atoms with Gasteiger partial charge in [-0.15, -0.1) is 0 Å². The molecule has 0 aliphatic carbocycles. The van der Waals surface area contributed by atoms with E-state index >= 15 is 0 Å². The molecule has 54 valence electrons. The second kappa shape index (κ2) is 4.00. The van der Waals surface area contributed by atoms with Gasteiger partial charge in [0.05, 0.1) is 6.10 Å². The van der Waals surface area contributed by atoms with Crippen molar-refractivity contribution < 1.29 is 5.11 Å². The van der Waals surface area contributed by atoms with Gasteiger partial charge in [-0.3, -0.25) is 0 Å². The largest absolute Gasteiger partial charge is 0.391 e. The number of nitrogens with zero attached hydrogens (tertiary/aromatic N) is 1. The fourth-order valence-corrected chi connectivity index (χ4v) is 2.67. The number of aliphatic hydroxyl groups excluding tert-OH is 1. The number of halogens is 1. The third-order valence-corrected chi connectivity index (χ3v) is 3.17. The molecule has 1 unspecified atom stereocenters. The molecule has 1 aliphatic rings. The molecule has 2 nitrogen and oxygen atoms in total. The summed E-state index contributed by atoms with van der Waals surface area (Å²) in [6.07, 6.45) is -0.116. The summed E-state index contributed by atoms with van der Waals surface area (Å²) in [5, 5.41) is 9.19. The summed E-state index contributed by atoms with van der Waals surface area (Å²) in [5.74, 6) is 2.06. The van der Waals surface area contributed by atoms with Gasteiger partial charge in [0.25, 0.3) is 0 Å². The Morgan fingerprint density at radius 1 is 1.67 bits per heavy atom. The average Bonchev–Trinajstić information content (AvgIpc) is 1.93. The first-order chi connectivity index (χ1) is 4.29. The predicted molar refractivity (Wildman–Crippen MR) is 48.9 cm³/mol. The molecule has 0 radical (unpaired) electrons. The number of rotatable bonds is 0. The lowest BCUT2D eigenvalue weighted by Gasteiger charge is -2.11. The number of hydrogen-bond acceptors (Lipinski definition) is 3. The zero-order valence-corrected chi connectivity index (χ0v) is 8.06. The van der Waals surface area contributed by atoms with Crippen LogP contribution in [0.15, 0.2) is 0 Å². The van der Waals surface area contributed by atoms with Gasteiger partial charge in [-0.05, 0) is 0 Å². The first kappa shape index (κ1) is 8.10. The van der Waals surface area contributed by atoms with Gasteiger partial charge in [-0.2, -0.15) is 11.8 Å². The van der Waals surface area contributed by atoms with Crippen LogP contribution in [0.4, 0.5) is 0 Å². The van der Waals surface area contributed by atoms with E-state index in [1.807, 2.05) is 11.8 Å². The van der Waals surface area contributed by atoms with Crippen molar-refractivity contribution in [1.29, 1.82) is 0 Å². The monoisotopic (exact) mass is 259 g/mol. The van der Waals surface area contributed by atoms with Gasteiger partial charge in [0.1, 0.15) is 0 Å². The average molecular weight is 259 g/mol. The summed E-state index contributed by atoms with van der Waals surface area (Å²) in [5.41, 5.74) is 0. The Balaban J connectivity index is 2.29. The molecule has 1 aliphatic heterocycles. The normalized spacial score (nSPS) is 32.0. The number of hydrogen-bond donors (Lipinski definition) is 1. The van der Waals surface area contributed by atoms with Crippen molar-refractivity contribution in [3.05, 3.63) is 0 Å². The Hall–Kier alpha value is 1.00. The molecule has 0 amide bonds. The van der Waals surface area contributed by atoms with Crippen molar-refractivity contribution in [1.82, 2.24) is 3.11 Å². The van der Waals surface area contributed by atoms with Crippen molar-refractivity contribution >= 4 is 34.6 Å². The maximum atomic E-state index is 9.19. The van der Waals surface area contributed by atoms with Gasteiger partial charge in [-0.1, -0.05) is 0 Å². The van der Waals surface area contributed by atoms with Crippen LogP contribution in [0.25, 0.3) is 0 Å². The number of aliphatic hydroxyl groups is 1. The van der Waals surface area contributed by atoms with Gasteiger partial charge < -0.3 is 5.11 Å². The summed E-state index contributed by atoms with van der Waals surface area (Å²) in [4.78, 5) is 0. The minimum Gasteiger partial charge on any atom is -0.391 e. The molecule has 1 rings (SSSR count). The molecule has 0 aromatic carbocycles. The van der Waals surface area contributed by atoms with Crippen LogP contribution >= 0.6 is 34.6 Å². The quantitative estimate of drug-likeness (QED) is 0.513. The molecule has 0 aromatic heterocycles. The standard InChI is InChI=1S/C5H10INOS/c6-7-1-2-9-4-5(8)3-7/h5,8H,1-4H2. The third-order valence-electron chi connectivity index (χ3n) is 1.20. The van der Waals surface area contributed by atoms with E-state index in [0.717, 1.165) is 24.6 Å². The highest BCUT2D eigenvalue weighted by molar-refractivity contribution is 14.1. The van der Waals surface area contributed by atoms with Crippen molar-refractivity contribution in [3.63, 3.8) is 0 Å². The molecule has 0 bridgehead atoms. The summed E-state index contributed by atoms with van der Waals surface area (Å²) in [6, 6.07) is 0. The summed E-state index contributed by atoms with van der Waals surface area (Å²) in [7, 11) is 0. The fraction of sp³-hybridized carbons (Fsp3) is 1.00. The molecule has 1 heterocycles. The minimum atomic E-state index is -0.116. The second-order valence-electron chi connectivity index (χ2n) is 2.10. The van der Waals surface area contributed by atoms with Crippen molar-refractivity contribution in [2.24, 2.45) is 0 Å². The maximum Gasteiger partial charge on any atom is 0.0765 e. The van der Waals surface area contributed by atoms with E-state index in [2.05, 4.69) is 26.0 Å². The van der Waals surface area contributed by atoms with Crippen molar-refractivity contribution in [3.8, 4) is 0 Å². The van der Waals surface area contributed by atoms with E-state index in [0.29, 0.717) is 0 Å². The summed E-state index contributed by atoms with van der Waals surface area (Å²) in [6.45, 7) is 1.93. The topological polar surface area (TPSA) is 23.5 Å². The molecule has 1 N–H and O–H groups in total. The molecule has 0 spiro atoms.